The van der Waals surface area contributed by atoms with Gasteiger partial charge in [-0.05, 0) is 28.7 Å². The van der Waals surface area contributed by atoms with Gasteiger partial charge in [0.05, 0.1) is 0 Å². The number of pyridine rings is 1. The van der Waals surface area contributed by atoms with Crippen molar-refractivity contribution < 1.29 is 4.39 Å². The van der Waals surface area contributed by atoms with Crippen molar-refractivity contribution in [1.29, 1.82) is 0 Å². The molecule has 64 valence electrons. The van der Waals surface area contributed by atoms with E-state index in [1.165, 1.54) is 6.20 Å². The number of hydrogen-bond acceptors (Lipinski definition) is 2. The highest BCUT2D eigenvalue weighted by Gasteiger charge is 2.02. The van der Waals surface area contributed by atoms with Gasteiger partial charge < -0.3 is 5.73 Å². The third-order valence-corrected chi connectivity index (χ3v) is 2.25. The van der Waals surface area contributed by atoms with Crippen molar-refractivity contribution in [2.24, 2.45) is 5.73 Å². The van der Waals surface area contributed by atoms with Crippen molar-refractivity contribution in [2.75, 3.05) is 6.54 Å². The Morgan fingerprint density at radius 2 is 2.42 bits per heavy atom. The summed E-state index contributed by atoms with van der Waals surface area (Å²) in [5, 5.41) is 0. The van der Waals surface area contributed by atoms with E-state index in [0.717, 1.165) is 3.57 Å². The topological polar surface area (TPSA) is 38.9 Å². The highest BCUT2D eigenvalue weighted by molar-refractivity contribution is 14.1. The molecule has 0 aliphatic carbocycles. The maximum Gasteiger partial charge on any atom is 0.221 e. The largest absolute Gasteiger partial charge is 0.327 e. The van der Waals surface area contributed by atoms with Crippen LogP contribution in [0.3, 0.4) is 0 Å². The molecule has 0 aliphatic rings. The number of nitrogens with zero attached hydrogens (tertiary/aromatic N) is 1. The molecule has 1 aromatic heterocycles. The molecule has 0 atom stereocenters. The number of aromatic nitrogens is 1. The second kappa shape index (κ2) is 4.51. The van der Waals surface area contributed by atoms with Crippen LogP contribution in [0.4, 0.5) is 4.39 Å². The Bertz CT molecular complexity index is 279. The Morgan fingerprint density at radius 1 is 1.67 bits per heavy atom. The van der Waals surface area contributed by atoms with Crippen molar-refractivity contribution in [3.8, 4) is 0 Å². The molecule has 0 aromatic carbocycles. The van der Waals surface area contributed by atoms with Crippen molar-refractivity contribution in [3.05, 3.63) is 33.4 Å². The summed E-state index contributed by atoms with van der Waals surface area (Å²) in [4.78, 5) is 3.53. The molecule has 0 amide bonds. The monoisotopic (exact) mass is 278 g/mol. The van der Waals surface area contributed by atoms with Gasteiger partial charge in [0.2, 0.25) is 5.95 Å². The van der Waals surface area contributed by atoms with Crippen molar-refractivity contribution in [1.82, 2.24) is 4.98 Å². The molecule has 0 aliphatic heterocycles. The third kappa shape index (κ3) is 2.25. The number of hydrogen-bond donors (Lipinski definition) is 1. The second-order valence-corrected chi connectivity index (χ2v) is 3.30. The molecule has 1 heterocycles. The Labute approximate surface area is 83.8 Å². The van der Waals surface area contributed by atoms with E-state index in [1.54, 1.807) is 18.2 Å². The van der Waals surface area contributed by atoms with Gasteiger partial charge in [-0.15, -0.1) is 0 Å². The highest BCUT2D eigenvalue weighted by Crippen LogP contribution is 2.14. The lowest BCUT2D eigenvalue weighted by molar-refractivity contribution is 0.579. The van der Waals surface area contributed by atoms with Crippen molar-refractivity contribution in [2.45, 2.75) is 0 Å². The summed E-state index contributed by atoms with van der Waals surface area (Å²) in [6.07, 6.45) is 4.78. The molecular weight excluding hydrogens is 270 g/mol. The Morgan fingerprint density at radius 3 is 3.00 bits per heavy atom. The zero-order valence-electron chi connectivity index (χ0n) is 6.30. The third-order valence-electron chi connectivity index (χ3n) is 1.31. The quantitative estimate of drug-likeness (QED) is 0.661. The van der Waals surface area contributed by atoms with Gasteiger partial charge in [0.15, 0.2) is 0 Å². The van der Waals surface area contributed by atoms with Crippen LogP contribution < -0.4 is 5.73 Å². The van der Waals surface area contributed by atoms with Crippen LogP contribution in [0.2, 0.25) is 0 Å². The van der Waals surface area contributed by atoms with Gasteiger partial charge in [-0.1, -0.05) is 12.2 Å². The number of rotatable bonds is 2. The molecule has 12 heavy (non-hydrogen) atoms. The normalized spacial score (nSPS) is 10.9. The summed E-state index contributed by atoms with van der Waals surface area (Å²) in [5.74, 6) is -0.452. The minimum absolute atomic E-state index is 0.407. The van der Waals surface area contributed by atoms with E-state index in [-0.39, 0.29) is 0 Å². The van der Waals surface area contributed by atoms with Crippen LogP contribution in [-0.2, 0) is 0 Å². The number of nitrogens with two attached hydrogens (primary N) is 1. The summed E-state index contributed by atoms with van der Waals surface area (Å²) in [5.41, 5.74) is 5.75. The van der Waals surface area contributed by atoms with Crippen LogP contribution in [0.15, 0.2) is 18.3 Å². The van der Waals surface area contributed by atoms with E-state index in [4.69, 9.17) is 5.73 Å². The fourth-order valence-corrected chi connectivity index (χ4v) is 1.32. The molecular formula is C8H8FIN2. The van der Waals surface area contributed by atoms with E-state index < -0.39 is 5.95 Å². The Balaban J connectivity index is 3.04. The van der Waals surface area contributed by atoms with E-state index >= 15 is 0 Å². The minimum atomic E-state index is -0.452. The van der Waals surface area contributed by atoms with Gasteiger partial charge >= 0.3 is 0 Å². The summed E-state index contributed by atoms with van der Waals surface area (Å²) in [7, 11) is 0. The van der Waals surface area contributed by atoms with Crippen LogP contribution in [-0.4, -0.2) is 11.5 Å². The molecule has 2 N–H and O–H groups in total. The van der Waals surface area contributed by atoms with Gasteiger partial charge in [0, 0.05) is 21.9 Å². The smallest absolute Gasteiger partial charge is 0.221 e. The molecule has 0 unspecified atom stereocenters. The summed E-state index contributed by atoms with van der Waals surface area (Å²) in [6, 6.07) is 1.75. The maximum atomic E-state index is 13.0. The Hall–Kier alpha value is -0.490. The fraction of sp³-hybridized carbons (Fsp3) is 0.125. The SMILES string of the molecule is NCC=Cc1c(I)ccnc1F. The molecule has 1 rings (SSSR count). The zero-order chi connectivity index (χ0) is 8.97. The lowest BCUT2D eigenvalue weighted by Gasteiger charge is -1.97. The van der Waals surface area contributed by atoms with Crippen LogP contribution >= 0.6 is 22.6 Å². The standard InChI is InChI=1S/C8H8FIN2/c9-8-6(2-1-4-11)7(10)3-5-12-8/h1-3,5H,4,11H2. The summed E-state index contributed by atoms with van der Waals surface area (Å²) in [6.45, 7) is 0.407. The number of halogens is 2. The van der Waals surface area contributed by atoms with Crippen LogP contribution in [0.25, 0.3) is 6.08 Å². The van der Waals surface area contributed by atoms with E-state index in [9.17, 15) is 4.39 Å². The molecule has 0 saturated heterocycles. The molecule has 2 nitrogen and oxygen atoms in total. The second-order valence-electron chi connectivity index (χ2n) is 2.14. The van der Waals surface area contributed by atoms with Crippen LogP contribution in [0.1, 0.15) is 5.56 Å². The first-order valence-corrected chi connectivity index (χ1v) is 4.50. The lowest BCUT2D eigenvalue weighted by atomic mass is 10.2. The maximum absolute atomic E-state index is 13.0. The van der Waals surface area contributed by atoms with Gasteiger partial charge in [-0.25, -0.2) is 4.98 Å². The highest BCUT2D eigenvalue weighted by atomic mass is 127. The van der Waals surface area contributed by atoms with E-state index in [2.05, 4.69) is 27.6 Å². The van der Waals surface area contributed by atoms with Gasteiger partial charge in [0.1, 0.15) is 0 Å². The molecule has 0 saturated carbocycles. The molecule has 0 fully saturated rings. The summed E-state index contributed by atoms with van der Waals surface area (Å²) < 4.78 is 13.8. The van der Waals surface area contributed by atoms with Gasteiger partial charge in [-0.3, -0.25) is 0 Å². The van der Waals surface area contributed by atoms with Crippen LogP contribution in [0.5, 0.6) is 0 Å². The van der Waals surface area contributed by atoms with Crippen molar-refractivity contribution in [3.63, 3.8) is 0 Å². The average molecular weight is 278 g/mol. The molecule has 1 aromatic rings. The average Bonchev–Trinajstić information content (AvgIpc) is 2.04. The van der Waals surface area contributed by atoms with Gasteiger partial charge in [-0.2, -0.15) is 4.39 Å². The predicted octanol–water partition coefficient (Wildman–Crippen LogP) is 1.80. The minimum Gasteiger partial charge on any atom is -0.327 e. The summed E-state index contributed by atoms with van der Waals surface area (Å²) >= 11 is 2.05. The molecule has 4 heteroatoms. The first-order valence-electron chi connectivity index (χ1n) is 3.42. The molecule has 0 bridgehead atoms. The van der Waals surface area contributed by atoms with E-state index in [0.29, 0.717) is 12.1 Å². The fourth-order valence-electron chi connectivity index (χ4n) is 0.760. The molecule has 0 spiro atoms. The lowest BCUT2D eigenvalue weighted by Crippen LogP contribution is -1.94. The Kier molecular flexibility index (Phi) is 3.61. The predicted molar refractivity (Wildman–Crippen MR) is 55.0 cm³/mol. The first kappa shape index (κ1) is 9.60. The van der Waals surface area contributed by atoms with Gasteiger partial charge in [0.25, 0.3) is 0 Å². The van der Waals surface area contributed by atoms with Crippen LogP contribution in [0, 0.1) is 9.52 Å². The van der Waals surface area contributed by atoms with Crippen molar-refractivity contribution >= 4 is 28.7 Å². The first-order chi connectivity index (χ1) is 5.75. The van der Waals surface area contributed by atoms with E-state index in [1.807, 2.05) is 0 Å². The zero-order valence-corrected chi connectivity index (χ0v) is 8.45. The molecule has 0 radical (unpaired) electrons.